The molecule has 0 aromatic heterocycles. The molecule has 1 aliphatic heterocycles. The highest BCUT2D eigenvalue weighted by molar-refractivity contribution is 6.68. The van der Waals surface area contributed by atoms with Gasteiger partial charge >= 0.3 is 11.9 Å². The van der Waals surface area contributed by atoms with Crippen LogP contribution >= 0.6 is 0 Å². The van der Waals surface area contributed by atoms with Crippen molar-refractivity contribution in [1.82, 2.24) is 0 Å². The first-order valence-electron chi connectivity index (χ1n) is 5.75. The maximum absolute atomic E-state index is 11.2. The minimum atomic E-state index is -1.28. The molecule has 0 unspecified atom stereocenters. The third-order valence-electron chi connectivity index (χ3n) is 2.51. The fraction of sp³-hybridized carbons (Fsp3) is 0.500. The van der Waals surface area contributed by atoms with Crippen molar-refractivity contribution in [2.45, 2.75) is 39.2 Å². The fourth-order valence-corrected chi connectivity index (χ4v) is 1.94. The van der Waals surface area contributed by atoms with E-state index in [2.05, 4.69) is 0 Å². The maximum atomic E-state index is 11.2. The molecule has 4 nitrogen and oxygen atoms in total. The fourth-order valence-electron chi connectivity index (χ4n) is 1.94. The summed E-state index contributed by atoms with van der Waals surface area (Å²) in [5.41, 5.74) is -1.28. The summed E-state index contributed by atoms with van der Waals surface area (Å²) in [5, 5.41) is 0. The number of hydrogen-bond acceptors (Lipinski definition) is 4. The molecule has 1 rings (SSSR count). The second-order valence-corrected chi connectivity index (χ2v) is 4.05. The quantitative estimate of drug-likeness (QED) is 0.425. The van der Waals surface area contributed by atoms with Crippen molar-refractivity contribution < 1.29 is 19.1 Å². The molecule has 0 spiro atoms. The van der Waals surface area contributed by atoms with Crippen LogP contribution in [0.3, 0.4) is 0 Å². The van der Waals surface area contributed by atoms with Gasteiger partial charge < -0.3 is 9.47 Å². The summed E-state index contributed by atoms with van der Waals surface area (Å²) in [4.78, 5) is 22.4. The van der Waals surface area contributed by atoms with Gasteiger partial charge in [-0.3, -0.25) is 9.59 Å². The summed E-state index contributed by atoms with van der Waals surface area (Å²) in [6.45, 7) is 4.50. The van der Waals surface area contributed by atoms with Crippen LogP contribution in [-0.2, 0) is 19.1 Å². The summed E-state index contributed by atoms with van der Waals surface area (Å²) in [6, 6.07) is 0. The SMILES string of the molecule is CCCB1C=CC=CC1(OC(C)=O)OC(C)=O. The average Bonchev–Trinajstić information content (AvgIpc) is 2.19. The Morgan fingerprint density at radius 2 is 1.76 bits per heavy atom. The molecule has 0 saturated carbocycles. The zero-order valence-electron chi connectivity index (χ0n) is 10.4. The van der Waals surface area contributed by atoms with E-state index in [0.29, 0.717) is 0 Å². The molecule has 1 aliphatic rings. The van der Waals surface area contributed by atoms with E-state index in [-0.39, 0.29) is 6.71 Å². The highest BCUT2D eigenvalue weighted by Crippen LogP contribution is 2.27. The molecule has 1 heterocycles. The van der Waals surface area contributed by atoms with E-state index >= 15 is 0 Å². The van der Waals surface area contributed by atoms with Crippen LogP contribution in [0.2, 0.25) is 6.32 Å². The smallest absolute Gasteiger partial charge is 0.305 e. The lowest BCUT2D eigenvalue weighted by atomic mass is 9.39. The topological polar surface area (TPSA) is 52.6 Å². The molecule has 0 atom stereocenters. The van der Waals surface area contributed by atoms with Crippen LogP contribution < -0.4 is 0 Å². The highest BCUT2D eigenvalue weighted by Gasteiger charge is 2.45. The first-order chi connectivity index (χ1) is 8.00. The molecule has 0 bridgehead atoms. The second-order valence-electron chi connectivity index (χ2n) is 4.05. The van der Waals surface area contributed by atoms with Gasteiger partial charge in [0.05, 0.1) is 0 Å². The van der Waals surface area contributed by atoms with Gasteiger partial charge in [0.15, 0.2) is 0 Å². The van der Waals surface area contributed by atoms with Gasteiger partial charge in [0.2, 0.25) is 5.69 Å². The maximum Gasteiger partial charge on any atom is 0.305 e. The molecular weight excluding hydrogens is 219 g/mol. The van der Waals surface area contributed by atoms with Crippen molar-refractivity contribution in [3.63, 3.8) is 0 Å². The second kappa shape index (κ2) is 5.71. The standard InChI is InChI=1S/C12H17BO4/c1-4-8-13-9-6-5-7-12(13,16-10(2)14)17-11(3)15/h5-7,9H,4,8H2,1-3H3. The Bertz CT molecular complexity index is 344. The van der Waals surface area contributed by atoms with Gasteiger partial charge in [-0.25, -0.2) is 0 Å². The van der Waals surface area contributed by atoms with Crippen LogP contribution in [0, 0.1) is 0 Å². The van der Waals surface area contributed by atoms with Crippen molar-refractivity contribution in [2.75, 3.05) is 0 Å². The summed E-state index contributed by atoms with van der Waals surface area (Å²) in [5.74, 6) is 0.967. The van der Waals surface area contributed by atoms with E-state index in [1.54, 1.807) is 12.2 Å². The van der Waals surface area contributed by atoms with Crippen molar-refractivity contribution in [1.29, 1.82) is 0 Å². The minimum absolute atomic E-state index is 0.134. The Hall–Kier alpha value is -1.52. The summed E-state index contributed by atoms with van der Waals surface area (Å²) in [7, 11) is 0. The van der Waals surface area contributed by atoms with Gasteiger partial charge in [-0.2, -0.15) is 0 Å². The van der Waals surface area contributed by atoms with Gasteiger partial charge in [-0.05, 0) is 6.08 Å². The number of esters is 2. The molecule has 0 N–H and O–H groups in total. The number of ether oxygens (including phenoxy) is 2. The largest absolute Gasteiger partial charge is 0.427 e. The van der Waals surface area contributed by atoms with Crippen molar-refractivity contribution in [3.8, 4) is 0 Å². The van der Waals surface area contributed by atoms with Crippen LogP contribution in [0.25, 0.3) is 0 Å². The first kappa shape index (κ1) is 13.5. The Morgan fingerprint density at radius 1 is 1.18 bits per heavy atom. The van der Waals surface area contributed by atoms with E-state index in [1.807, 2.05) is 19.0 Å². The van der Waals surface area contributed by atoms with Crippen LogP contribution in [0.1, 0.15) is 27.2 Å². The predicted molar refractivity (Wildman–Crippen MR) is 65.4 cm³/mol. The van der Waals surface area contributed by atoms with Crippen molar-refractivity contribution in [3.05, 3.63) is 24.2 Å². The Labute approximate surface area is 102 Å². The normalized spacial score (nSPS) is 16.8. The molecule has 0 fully saturated rings. The zero-order chi connectivity index (χ0) is 12.9. The van der Waals surface area contributed by atoms with E-state index in [1.165, 1.54) is 13.8 Å². The lowest BCUT2D eigenvalue weighted by Crippen LogP contribution is -2.51. The molecule has 0 aromatic rings. The van der Waals surface area contributed by atoms with Gasteiger partial charge in [0, 0.05) is 13.8 Å². The Morgan fingerprint density at radius 3 is 2.24 bits per heavy atom. The van der Waals surface area contributed by atoms with Crippen LogP contribution in [-0.4, -0.2) is 24.3 Å². The lowest BCUT2D eigenvalue weighted by molar-refractivity contribution is -0.187. The monoisotopic (exact) mass is 236 g/mol. The number of hydrogen-bond donors (Lipinski definition) is 0. The Kier molecular flexibility index (Phi) is 4.55. The van der Waals surface area contributed by atoms with E-state index in [4.69, 9.17) is 9.47 Å². The average molecular weight is 236 g/mol. The number of carbonyl (C=O) groups excluding carboxylic acids is 2. The molecule has 17 heavy (non-hydrogen) atoms. The molecular formula is C12H17BO4. The lowest BCUT2D eigenvalue weighted by Gasteiger charge is -2.34. The predicted octanol–water partition coefficient (Wildman–Crippen LogP) is 1.92. The third kappa shape index (κ3) is 3.48. The summed E-state index contributed by atoms with van der Waals surface area (Å²) < 4.78 is 10.5. The number of carbonyl (C=O) groups is 2. The van der Waals surface area contributed by atoms with E-state index < -0.39 is 17.6 Å². The van der Waals surface area contributed by atoms with Crippen LogP contribution in [0.15, 0.2) is 24.2 Å². The minimum Gasteiger partial charge on any atom is -0.427 e. The van der Waals surface area contributed by atoms with E-state index in [0.717, 1.165) is 12.7 Å². The molecule has 0 aliphatic carbocycles. The molecule has 0 amide bonds. The van der Waals surface area contributed by atoms with Crippen LogP contribution in [0.4, 0.5) is 0 Å². The number of rotatable bonds is 4. The third-order valence-corrected chi connectivity index (χ3v) is 2.51. The molecule has 92 valence electrons. The van der Waals surface area contributed by atoms with Gasteiger partial charge in [-0.15, -0.1) is 5.98 Å². The number of allylic oxidation sites excluding steroid dienone is 2. The molecule has 0 aromatic carbocycles. The van der Waals surface area contributed by atoms with E-state index in [9.17, 15) is 9.59 Å². The highest BCUT2D eigenvalue weighted by atomic mass is 16.7. The van der Waals surface area contributed by atoms with Gasteiger partial charge in [-0.1, -0.05) is 31.8 Å². The first-order valence-corrected chi connectivity index (χ1v) is 5.75. The van der Waals surface area contributed by atoms with Crippen molar-refractivity contribution in [2.24, 2.45) is 0 Å². The van der Waals surface area contributed by atoms with Crippen LogP contribution in [0.5, 0.6) is 0 Å². The van der Waals surface area contributed by atoms with Crippen molar-refractivity contribution >= 4 is 18.7 Å². The van der Waals surface area contributed by atoms with Gasteiger partial charge in [0.1, 0.15) is 0 Å². The molecule has 0 saturated heterocycles. The summed E-state index contributed by atoms with van der Waals surface area (Å²) >= 11 is 0. The Balaban J connectivity index is 2.99. The summed E-state index contributed by atoms with van der Waals surface area (Å²) in [6.07, 6.45) is 6.90. The van der Waals surface area contributed by atoms with Gasteiger partial charge in [0.25, 0.3) is 6.71 Å². The zero-order valence-corrected chi connectivity index (χ0v) is 10.4. The molecule has 5 heteroatoms. The molecule has 0 radical (unpaired) electrons.